The van der Waals surface area contributed by atoms with Crippen LogP contribution in [0.3, 0.4) is 0 Å². The Hall–Kier alpha value is -1.89. The van der Waals surface area contributed by atoms with E-state index in [2.05, 4.69) is 10.6 Å². The molecule has 7 heteroatoms. The van der Waals surface area contributed by atoms with Crippen LogP contribution >= 0.6 is 11.3 Å². The number of aliphatic carboxylic acids is 1. The second-order valence-electron chi connectivity index (χ2n) is 5.58. The molecule has 0 radical (unpaired) electrons. The number of thiophene rings is 1. The second kappa shape index (κ2) is 8.53. The molecule has 2 atom stereocenters. The lowest BCUT2D eigenvalue weighted by Crippen LogP contribution is -2.46. The van der Waals surface area contributed by atoms with E-state index in [1.54, 1.807) is 24.4 Å². The summed E-state index contributed by atoms with van der Waals surface area (Å²) >= 11 is 1.29. The average molecular weight is 326 g/mol. The van der Waals surface area contributed by atoms with Gasteiger partial charge in [0.15, 0.2) is 0 Å². The van der Waals surface area contributed by atoms with Crippen molar-refractivity contribution in [2.45, 2.75) is 33.2 Å². The molecule has 0 spiro atoms. The van der Waals surface area contributed by atoms with Crippen LogP contribution in [0.2, 0.25) is 0 Å². The zero-order valence-corrected chi connectivity index (χ0v) is 13.8. The lowest BCUT2D eigenvalue weighted by Gasteiger charge is -2.18. The number of carboxylic acid groups (broad SMARTS) is 1. The molecule has 2 amide bonds. The van der Waals surface area contributed by atoms with E-state index >= 15 is 0 Å². The molecule has 6 nitrogen and oxygen atoms in total. The maximum atomic E-state index is 11.9. The van der Waals surface area contributed by atoms with Gasteiger partial charge in [0.2, 0.25) is 5.91 Å². The predicted molar refractivity (Wildman–Crippen MR) is 84.8 cm³/mol. The summed E-state index contributed by atoms with van der Waals surface area (Å²) in [5, 5.41) is 16.1. The quantitative estimate of drug-likeness (QED) is 0.678. The van der Waals surface area contributed by atoms with Crippen molar-refractivity contribution >= 4 is 29.1 Å². The Morgan fingerprint density at radius 1 is 1.27 bits per heavy atom. The molecular formula is C15H22N2O4S. The first-order chi connectivity index (χ1) is 10.3. The van der Waals surface area contributed by atoms with E-state index in [9.17, 15) is 14.4 Å². The average Bonchev–Trinajstić information content (AvgIpc) is 2.96. The number of hydrogen-bond acceptors (Lipinski definition) is 4. The molecule has 1 heterocycles. The molecule has 0 fully saturated rings. The highest BCUT2D eigenvalue weighted by Crippen LogP contribution is 2.11. The van der Waals surface area contributed by atoms with Crippen LogP contribution in [0.25, 0.3) is 0 Å². The number of hydrogen-bond donors (Lipinski definition) is 3. The fraction of sp³-hybridized carbons (Fsp3) is 0.533. The topological polar surface area (TPSA) is 95.5 Å². The van der Waals surface area contributed by atoms with Crippen molar-refractivity contribution in [3.05, 3.63) is 22.4 Å². The first-order valence-electron chi connectivity index (χ1n) is 7.16. The normalized spacial score (nSPS) is 13.5. The van der Waals surface area contributed by atoms with Gasteiger partial charge in [-0.3, -0.25) is 14.4 Å². The number of amides is 2. The van der Waals surface area contributed by atoms with E-state index < -0.39 is 17.9 Å². The van der Waals surface area contributed by atoms with Gasteiger partial charge in [0.1, 0.15) is 6.04 Å². The van der Waals surface area contributed by atoms with Gasteiger partial charge in [0.05, 0.1) is 10.8 Å². The van der Waals surface area contributed by atoms with Crippen molar-refractivity contribution < 1.29 is 19.5 Å². The highest BCUT2D eigenvalue weighted by Gasteiger charge is 2.22. The van der Waals surface area contributed by atoms with Gasteiger partial charge in [-0.2, -0.15) is 0 Å². The van der Waals surface area contributed by atoms with Gasteiger partial charge in [-0.1, -0.05) is 19.9 Å². The van der Waals surface area contributed by atoms with Gasteiger partial charge in [-0.15, -0.1) is 11.3 Å². The molecule has 22 heavy (non-hydrogen) atoms. The Labute approximate surface area is 133 Å². The summed E-state index contributed by atoms with van der Waals surface area (Å²) in [5.41, 5.74) is 0. The van der Waals surface area contributed by atoms with Crippen LogP contribution in [0.1, 0.15) is 36.9 Å². The summed E-state index contributed by atoms with van der Waals surface area (Å²) < 4.78 is 0. The van der Waals surface area contributed by atoms with E-state index in [1.165, 1.54) is 11.3 Å². The summed E-state index contributed by atoms with van der Waals surface area (Å²) in [6, 6.07) is 2.71. The van der Waals surface area contributed by atoms with Crippen LogP contribution < -0.4 is 10.6 Å². The van der Waals surface area contributed by atoms with Crippen LogP contribution in [0, 0.1) is 11.8 Å². The molecule has 0 aliphatic carbocycles. The van der Waals surface area contributed by atoms with Gasteiger partial charge >= 0.3 is 5.97 Å². The van der Waals surface area contributed by atoms with Crippen LogP contribution in [-0.4, -0.2) is 35.5 Å². The molecule has 0 bridgehead atoms. The highest BCUT2D eigenvalue weighted by molar-refractivity contribution is 7.12. The van der Waals surface area contributed by atoms with Gasteiger partial charge < -0.3 is 15.7 Å². The number of nitrogens with one attached hydrogen (secondary N) is 2. The first kappa shape index (κ1) is 18.2. The molecule has 122 valence electrons. The Kier molecular flexibility index (Phi) is 7.04. The molecular weight excluding hydrogens is 304 g/mol. The number of carbonyl (C=O) groups excluding carboxylic acids is 2. The molecule has 1 aromatic heterocycles. The summed E-state index contributed by atoms with van der Waals surface area (Å²) in [4.78, 5) is 35.4. The van der Waals surface area contributed by atoms with Crippen LogP contribution in [0.5, 0.6) is 0 Å². The molecule has 1 aromatic rings. The van der Waals surface area contributed by atoms with Crippen molar-refractivity contribution in [1.29, 1.82) is 0 Å². The molecule has 0 saturated heterocycles. The number of carboxylic acids is 1. The van der Waals surface area contributed by atoms with E-state index in [1.807, 2.05) is 13.8 Å². The fourth-order valence-electron chi connectivity index (χ4n) is 1.96. The fourth-order valence-corrected chi connectivity index (χ4v) is 2.59. The monoisotopic (exact) mass is 326 g/mol. The van der Waals surface area contributed by atoms with Crippen LogP contribution in [0.4, 0.5) is 0 Å². The number of carbonyl (C=O) groups is 3. The van der Waals surface area contributed by atoms with Crippen molar-refractivity contribution in [3.8, 4) is 0 Å². The molecule has 0 saturated carbocycles. The summed E-state index contributed by atoms with van der Waals surface area (Å²) in [5.74, 6) is -2.02. The lowest BCUT2D eigenvalue weighted by atomic mass is 9.97. The number of rotatable bonds is 8. The second-order valence-corrected chi connectivity index (χ2v) is 6.53. The van der Waals surface area contributed by atoms with E-state index in [4.69, 9.17) is 5.11 Å². The Morgan fingerprint density at radius 3 is 2.45 bits per heavy atom. The van der Waals surface area contributed by atoms with E-state index in [0.717, 1.165) is 0 Å². The van der Waals surface area contributed by atoms with Crippen molar-refractivity contribution in [1.82, 2.24) is 10.6 Å². The van der Waals surface area contributed by atoms with Gasteiger partial charge in [-0.05, 0) is 30.7 Å². The minimum Gasteiger partial charge on any atom is -0.481 e. The third kappa shape index (κ3) is 5.85. The van der Waals surface area contributed by atoms with Crippen molar-refractivity contribution in [3.63, 3.8) is 0 Å². The molecule has 0 aliphatic rings. The molecule has 3 N–H and O–H groups in total. The zero-order valence-electron chi connectivity index (χ0n) is 13.0. The predicted octanol–water partition coefficient (Wildman–Crippen LogP) is 1.73. The largest absolute Gasteiger partial charge is 0.481 e. The summed E-state index contributed by atoms with van der Waals surface area (Å²) in [6.07, 6.45) is 0.492. The standard InChI is InChI=1S/C15H22N2O4S/c1-9(2)7-11(15(20)21)8-16-13(18)10(3)17-14(19)12-5-4-6-22-12/h4-6,9-11H,7-8H2,1-3H3,(H,16,18)(H,17,19)(H,20,21). The lowest BCUT2D eigenvalue weighted by molar-refractivity contribution is -0.142. The van der Waals surface area contributed by atoms with Crippen LogP contribution in [-0.2, 0) is 9.59 Å². The van der Waals surface area contributed by atoms with Gasteiger partial charge in [0.25, 0.3) is 5.91 Å². The van der Waals surface area contributed by atoms with Gasteiger partial charge in [-0.25, -0.2) is 0 Å². The van der Waals surface area contributed by atoms with Gasteiger partial charge in [0, 0.05) is 6.54 Å². The minimum atomic E-state index is -0.927. The van der Waals surface area contributed by atoms with Crippen molar-refractivity contribution in [2.75, 3.05) is 6.54 Å². The van der Waals surface area contributed by atoms with Crippen LogP contribution in [0.15, 0.2) is 17.5 Å². The third-order valence-corrected chi connectivity index (χ3v) is 3.98. The van der Waals surface area contributed by atoms with Crippen molar-refractivity contribution in [2.24, 2.45) is 11.8 Å². The summed E-state index contributed by atoms with van der Waals surface area (Å²) in [6.45, 7) is 5.49. The van der Waals surface area contributed by atoms with E-state index in [-0.39, 0.29) is 24.3 Å². The van der Waals surface area contributed by atoms with E-state index in [0.29, 0.717) is 11.3 Å². The highest BCUT2D eigenvalue weighted by atomic mass is 32.1. The maximum absolute atomic E-state index is 11.9. The molecule has 0 aromatic carbocycles. The first-order valence-corrected chi connectivity index (χ1v) is 8.04. The Bertz CT molecular complexity index is 514. The zero-order chi connectivity index (χ0) is 16.7. The summed E-state index contributed by atoms with van der Waals surface area (Å²) in [7, 11) is 0. The third-order valence-electron chi connectivity index (χ3n) is 3.11. The minimum absolute atomic E-state index is 0.0611. The molecule has 1 rings (SSSR count). The Balaban J connectivity index is 2.46. The molecule has 0 aliphatic heterocycles. The SMILES string of the molecule is CC(C)CC(CNC(=O)C(C)NC(=O)c1cccs1)C(=O)O. The smallest absolute Gasteiger partial charge is 0.308 e. The molecule has 2 unspecified atom stereocenters. The maximum Gasteiger partial charge on any atom is 0.308 e. The Morgan fingerprint density at radius 2 is 1.95 bits per heavy atom.